The highest BCUT2D eigenvalue weighted by molar-refractivity contribution is 6.35. The summed E-state index contributed by atoms with van der Waals surface area (Å²) in [6, 6.07) is 5.75. The molecular weight excluding hydrogens is 253 g/mol. The minimum Gasteiger partial charge on any atom is -0.316 e. The molecule has 96 valence electrons. The van der Waals surface area contributed by atoms with E-state index in [4.69, 9.17) is 23.2 Å². The smallest absolute Gasteiger partial charge is 0.0452 e. The van der Waals surface area contributed by atoms with E-state index in [0.29, 0.717) is 10.9 Å². The van der Waals surface area contributed by atoms with Gasteiger partial charge in [0.15, 0.2) is 0 Å². The lowest BCUT2D eigenvalue weighted by Gasteiger charge is -2.12. The molecule has 0 aliphatic rings. The molecule has 1 atom stereocenters. The third-order valence-corrected chi connectivity index (χ3v) is 3.43. The predicted molar refractivity (Wildman–Crippen MR) is 77.1 cm³/mol. The van der Waals surface area contributed by atoms with Gasteiger partial charge in [-0.15, -0.1) is 0 Å². The first-order valence-electron chi connectivity index (χ1n) is 6.28. The first-order chi connectivity index (χ1) is 8.13. The maximum Gasteiger partial charge on any atom is 0.0452 e. The monoisotopic (exact) mass is 273 g/mol. The van der Waals surface area contributed by atoms with Crippen LogP contribution in [-0.2, 0) is 6.42 Å². The third kappa shape index (κ3) is 5.76. The zero-order valence-corrected chi connectivity index (χ0v) is 12.1. The Morgan fingerprint density at radius 3 is 2.71 bits per heavy atom. The number of rotatable bonds is 7. The Hall–Kier alpha value is -0.240. The van der Waals surface area contributed by atoms with Gasteiger partial charge in [-0.1, -0.05) is 43.1 Å². The van der Waals surface area contributed by atoms with Crippen molar-refractivity contribution in [3.05, 3.63) is 33.8 Å². The molecule has 0 saturated heterocycles. The zero-order chi connectivity index (χ0) is 12.7. The Bertz CT molecular complexity index is 339. The molecule has 0 aliphatic heterocycles. The Kier molecular flexibility index (Phi) is 6.94. The second-order valence-corrected chi connectivity index (χ2v) is 5.43. The number of halogens is 2. The summed E-state index contributed by atoms with van der Waals surface area (Å²) < 4.78 is 0. The molecule has 0 radical (unpaired) electrons. The summed E-state index contributed by atoms with van der Waals surface area (Å²) in [5.74, 6) is 0.674. The summed E-state index contributed by atoms with van der Waals surface area (Å²) in [5.41, 5.74) is 1.19. The lowest BCUT2D eigenvalue weighted by Crippen LogP contribution is -2.22. The normalized spacial score (nSPS) is 12.7. The standard InChI is InChI=1S/C14H21Cl2N/c1-3-8-17-10-11(2)4-5-12-6-7-13(15)9-14(12)16/h6-7,9,11,17H,3-5,8,10H2,1-2H3. The van der Waals surface area contributed by atoms with Gasteiger partial charge in [0.05, 0.1) is 0 Å². The molecule has 1 aromatic rings. The van der Waals surface area contributed by atoms with Crippen molar-refractivity contribution in [1.29, 1.82) is 0 Å². The third-order valence-electron chi connectivity index (χ3n) is 2.84. The molecule has 0 fully saturated rings. The van der Waals surface area contributed by atoms with Gasteiger partial charge in [0.25, 0.3) is 0 Å². The van der Waals surface area contributed by atoms with Crippen molar-refractivity contribution < 1.29 is 0 Å². The van der Waals surface area contributed by atoms with Gasteiger partial charge < -0.3 is 5.32 Å². The van der Waals surface area contributed by atoms with Gasteiger partial charge in [0.1, 0.15) is 0 Å². The van der Waals surface area contributed by atoms with Crippen LogP contribution in [0.1, 0.15) is 32.3 Å². The van der Waals surface area contributed by atoms with Crippen LogP contribution in [0.2, 0.25) is 10.0 Å². The van der Waals surface area contributed by atoms with E-state index in [0.717, 1.165) is 31.0 Å². The molecule has 1 nitrogen and oxygen atoms in total. The van der Waals surface area contributed by atoms with Gasteiger partial charge >= 0.3 is 0 Å². The van der Waals surface area contributed by atoms with E-state index in [9.17, 15) is 0 Å². The highest BCUT2D eigenvalue weighted by Gasteiger charge is 2.05. The lowest BCUT2D eigenvalue weighted by atomic mass is 10.0. The number of hydrogen-bond donors (Lipinski definition) is 1. The SMILES string of the molecule is CCCNCC(C)CCc1ccc(Cl)cc1Cl. The van der Waals surface area contributed by atoms with Crippen molar-refractivity contribution >= 4 is 23.2 Å². The molecule has 0 amide bonds. The molecule has 1 aromatic carbocycles. The Balaban J connectivity index is 2.34. The molecule has 0 bridgehead atoms. The fourth-order valence-electron chi connectivity index (χ4n) is 1.75. The van der Waals surface area contributed by atoms with E-state index >= 15 is 0 Å². The van der Waals surface area contributed by atoms with Crippen LogP contribution in [0.3, 0.4) is 0 Å². The van der Waals surface area contributed by atoms with Crippen molar-refractivity contribution in [3.63, 3.8) is 0 Å². The fourth-order valence-corrected chi connectivity index (χ4v) is 2.26. The molecule has 0 aliphatic carbocycles. The van der Waals surface area contributed by atoms with Gasteiger partial charge in [0.2, 0.25) is 0 Å². The molecular formula is C14H21Cl2N. The number of aryl methyl sites for hydroxylation is 1. The second-order valence-electron chi connectivity index (χ2n) is 4.58. The van der Waals surface area contributed by atoms with Gasteiger partial charge in [-0.2, -0.15) is 0 Å². The fraction of sp³-hybridized carbons (Fsp3) is 0.571. The summed E-state index contributed by atoms with van der Waals surface area (Å²) in [6.45, 7) is 6.64. The maximum absolute atomic E-state index is 6.14. The average molecular weight is 274 g/mol. The van der Waals surface area contributed by atoms with Crippen LogP contribution >= 0.6 is 23.2 Å². The Morgan fingerprint density at radius 2 is 2.06 bits per heavy atom. The van der Waals surface area contributed by atoms with Gasteiger partial charge in [-0.05, 0) is 56.0 Å². The van der Waals surface area contributed by atoms with E-state index in [1.807, 2.05) is 18.2 Å². The summed E-state index contributed by atoms with van der Waals surface area (Å²) in [4.78, 5) is 0. The molecule has 0 aromatic heterocycles. The molecule has 3 heteroatoms. The molecule has 17 heavy (non-hydrogen) atoms. The van der Waals surface area contributed by atoms with Gasteiger partial charge in [-0.25, -0.2) is 0 Å². The summed E-state index contributed by atoms with van der Waals surface area (Å²) >= 11 is 12.0. The minimum absolute atomic E-state index is 0.674. The molecule has 0 heterocycles. The number of nitrogens with one attached hydrogen (secondary N) is 1. The maximum atomic E-state index is 6.14. The van der Waals surface area contributed by atoms with Crippen LogP contribution in [0.4, 0.5) is 0 Å². The van der Waals surface area contributed by atoms with E-state index in [-0.39, 0.29) is 0 Å². The van der Waals surface area contributed by atoms with E-state index < -0.39 is 0 Å². The first-order valence-corrected chi connectivity index (χ1v) is 7.03. The van der Waals surface area contributed by atoms with Gasteiger partial charge in [0, 0.05) is 10.0 Å². The van der Waals surface area contributed by atoms with E-state index in [1.165, 1.54) is 12.0 Å². The van der Waals surface area contributed by atoms with Crippen molar-refractivity contribution in [2.45, 2.75) is 33.1 Å². The Morgan fingerprint density at radius 1 is 1.29 bits per heavy atom. The average Bonchev–Trinajstić information content (AvgIpc) is 2.28. The van der Waals surface area contributed by atoms with Crippen LogP contribution in [0.25, 0.3) is 0 Å². The molecule has 0 spiro atoms. The predicted octanol–water partition coefficient (Wildman–Crippen LogP) is 4.56. The van der Waals surface area contributed by atoms with Crippen LogP contribution in [0.15, 0.2) is 18.2 Å². The lowest BCUT2D eigenvalue weighted by molar-refractivity contribution is 0.481. The highest BCUT2D eigenvalue weighted by Crippen LogP contribution is 2.23. The summed E-state index contributed by atoms with van der Waals surface area (Å²) in [7, 11) is 0. The van der Waals surface area contributed by atoms with E-state index in [1.54, 1.807) is 0 Å². The molecule has 1 N–H and O–H groups in total. The largest absolute Gasteiger partial charge is 0.316 e. The first kappa shape index (κ1) is 14.8. The van der Waals surface area contributed by atoms with Crippen molar-refractivity contribution in [2.24, 2.45) is 5.92 Å². The van der Waals surface area contributed by atoms with Crippen LogP contribution in [0, 0.1) is 5.92 Å². The van der Waals surface area contributed by atoms with Crippen LogP contribution in [-0.4, -0.2) is 13.1 Å². The Labute approximate surface area is 115 Å². The van der Waals surface area contributed by atoms with E-state index in [2.05, 4.69) is 19.2 Å². The summed E-state index contributed by atoms with van der Waals surface area (Å²) in [6.07, 6.45) is 3.36. The molecule has 0 saturated carbocycles. The van der Waals surface area contributed by atoms with Crippen LogP contribution in [0.5, 0.6) is 0 Å². The molecule has 1 unspecified atom stereocenters. The topological polar surface area (TPSA) is 12.0 Å². The second kappa shape index (κ2) is 7.97. The molecule has 1 rings (SSSR count). The van der Waals surface area contributed by atoms with Crippen molar-refractivity contribution in [1.82, 2.24) is 5.32 Å². The number of hydrogen-bond acceptors (Lipinski definition) is 1. The van der Waals surface area contributed by atoms with Gasteiger partial charge in [-0.3, -0.25) is 0 Å². The minimum atomic E-state index is 0.674. The zero-order valence-electron chi connectivity index (χ0n) is 10.6. The number of benzene rings is 1. The quantitative estimate of drug-likeness (QED) is 0.718. The van der Waals surface area contributed by atoms with Crippen molar-refractivity contribution in [2.75, 3.05) is 13.1 Å². The van der Waals surface area contributed by atoms with Crippen molar-refractivity contribution in [3.8, 4) is 0 Å². The van der Waals surface area contributed by atoms with Crippen LogP contribution < -0.4 is 5.32 Å². The highest BCUT2D eigenvalue weighted by atomic mass is 35.5. The summed E-state index contributed by atoms with van der Waals surface area (Å²) in [5, 5.41) is 4.93.